The van der Waals surface area contributed by atoms with E-state index in [1.165, 1.54) is 33.4 Å². The molecule has 0 aliphatic carbocycles. The van der Waals surface area contributed by atoms with E-state index >= 15 is 0 Å². The van der Waals surface area contributed by atoms with Gasteiger partial charge in [0.05, 0.1) is 0 Å². The largest absolute Gasteiger partial charge is 3.00 e. The van der Waals surface area contributed by atoms with Crippen molar-refractivity contribution in [2.24, 2.45) is 0 Å². The Hall–Kier alpha value is -2.20. The maximum atomic E-state index is 2.25. The molecule has 0 saturated carbocycles. The minimum Gasteiger partial charge on any atom is -0.189 e. The molecular weight excluding hydrogens is 412 g/mol. The van der Waals surface area contributed by atoms with Crippen LogP contribution in [0, 0.1) is 40.0 Å². The van der Waals surface area contributed by atoms with E-state index < -0.39 is 0 Å². The average Bonchev–Trinajstić information content (AvgIpc) is 2.75. The van der Waals surface area contributed by atoms with Crippen LogP contribution in [-0.4, -0.2) is 0 Å². The number of hydrogen-bond acceptors (Lipinski definition) is 0. The summed E-state index contributed by atoms with van der Waals surface area (Å²) in [7, 11) is 0. The van der Waals surface area contributed by atoms with Crippen LogP contribution in [0.1, 0.15) is 73.4 Å². The maximum absolute atomic E-state index is 2.25. The molecule has 0 aromatic heterocycles. The Morgan fingerprint density at radius 3 is 0.871 bits per heavy atom. The Morgan fingerprint density at radius 1 is 0.452 bits per heavy atom. The van der Waals surface area contributed by atoms with Crippen molar-refractivity contribution in [1.29, 1.82) is 0 Å². The summed E-state index contributed by atoms with van der Waals surface area (Å²) in [5.74, 6) is 0. The molecule has 0 aliphatic rings. The van der Waals surface area contributed by atoms with Crippen LogP contribution in [-0.2, 0) is 17.4 Å². The van der Waals surface area contributed by atoms with E-state index in [4.69, 9.17) is 0 Å². The van der Waals surface area contributed by atoms with Crippen molar-refractivity contribution in [1.82, 2.24) is 0 Å². The van der Waals surface area contributed by atoms with Gasteiger partial charge in [-0.25, -0.2) is 0 Å². The molecule has 1 radical (unpaired) electrons. The predicted molar refractivity (Wildman–Crippen MR) is 135 cm³/mol. The van der Waals surface area contributed by atoms with Crippen LogP contribution >= 0.6 is 0 Å². The summed E-state index contributed by atoms with van der Waals surface area (Å²) < 4.78 is 0. The Bertz CT molecular complexity index is 722. The molecular formula is C30H39Cr. The summed E-state index contributed by atoms with van der Waals surface area (Å²) in [6, 6.07) is 25.3. The fourth-order valence-corrected chi connectivity index (χ4v) is 3.11. The SMILES string of the molecule is CC[CH-]c1ccccc1C.CC[CH-]c1ccccc1C.CC[CH-]c1ccccc1C.[Cr+3]. The van der Waals surface area contributed by atoms with E-state index in [2.05, 4.69) is 134 Å². The molecule has 31 heavy (non-hydrogen) atoms. The van der Waals surface area contributed by atoms with Crippen molar-refractivity contribution in [2.75, 3.05) is 0 Å². The minimum atomic E-state index is 0. The van der Waals surface area contributed by atoms with Gasteiger partial charge >= 0.3 is 17.4 Å². The second-order valence-corrected chi connectivity index (χ2v) is 7.41. The van der Waals surface area contributed by atoms with Crippen molar-refractivity contribution in [3.63, 3.8) is 0 Å². The van der Waals surface area contributed by atoms with Crippen molar-refractivity contribution in [3.8, 4) is 0 Å². The normalized spacial score (nSPS) is 9.10. The fourth-order valence-electron chi connectivity index (χ4n) is 3.11. The Labute approximate surface area is 203 Å². The number of aryl methyl sites for hydroxylation is 3. The van der Waals surface area contributed by atoms with Gasteiger partial charge in [-0.2, -0.15) is 70.8 Å². The third kappa shape index (κ3) is 11.7. The molecule has 0 saturated heterocycles. The molecule has 0 fully saturated rings. The Balaban J connectivity index is 0.000000429. The van der Waals surface area contributed by atoms with Crippen molar-refractivity contribution < 1.29 is 17.4 Å². The summed E-state index contributed by atoms with van der Waals surface area (Å²) in [6.45, 7) is 12.9. The molecule has 3 rings (SSSR count). The van der Waals surface area contributed by atoms with E-state index in [1.807, 2.05) is 0 Å². The van der Waals surface area contributed by atoms with Crippen LogP contribution < -0.4 is 0 Å². The molecule has 0 N–H and O–H groups in total. The molecule has 0 atom stereocenters. The van der Waals surface area contributed by atoms with Gasteiger partial charge < -0.3 is 0 Å². The second kappa shape index (κ2) is 17.5. The van der Waals surface area contributed by atoms with Crippen LogP contribution in [0.5, 0.6) is 0 Å². The molecule has 165 valence electrons. The molecule has 0 aliphatic heterocycles. The van der Waals surface area contributed by atoms with Gasteiger partial charge in [0.15, 0.2) is 0 Å². The van der Waals surface area contributed by atoms with Gasteiger partial charge in [-0.05, 0) is 0 Å². The van der Waals surface area contributed by atoms with Crippen LogP contribution in [0.4, 0.5) is 0 Å². The van der Waals surface area contributed by atoms with Crippen LogP contribution in [0.25, 0.3) is 0 Å². The van der Waals surface area contributed by atoms with Gasteiger partial charge in [0, 0.05) is 0 Å². The van der Waals surface area contributed by atoms with E-state index in [9.17, 15) is 0 Å². The third-order valence-electron chi connectivity index (χ3n) is 4.84. The van der Waals surface area contributed by atoms with E-state index in [1.54, 1.807) is 0 Å². The third-order valence-corrected chi connectivity index (χ3v) is 4.84. The zero-order valence-corrected chi connectivity index (χ0v) is 21.5. The van der Waals surface area contributed by atoms with Crippen molar-refractivity contribution in [3.05, 3.63) is 125 Å². The summed E-state index contributed by atoms with van der Waals surface area (Å²) >= 11 is 0. The van der Waals surface area contributed by atoms with Crippen molar-refractivity contribution >= 4 is 0 Å². The number of rotatable bonds is 6. The quantitative estimate of drug-likeness (QED) is 0.328. The van der Waals surface area contributed by atoms with E-state index in [0.29, 0.717) is 0 Å². The zero-order chi connectivity index (χ0) is 22.2. The molecule has 1 heteroatoms. The predicted octanol–water partition coefficient (Wildman–Crippen LogP) is 8.87. The van der Waals surface area contributed by atoms with Gasteiger partial charge in [-0.3, -0.25) is 0 Å². The zero-order valence-electron chi connectivity index (χ0n) is 20.2. The topological polar surface area (TPSA) is 0 Å². The summed E-state index contributed by atoms with van der Waals surface area (Å²) in [5, 5.41) is 0. The van der Waals surface area contributed by atoms with Gasteiger partial charge in [0.1, 0.15) is 0 Å². The van der Waals surface area contributed by atoms with E-state index in [-0.39, 0.29) is 17.4 Å². The van der Waals surface area contributed by atoms with Crippen LogP contribution in [0.3, 0.4) is 0 Å². The minimum absolute atomic E-state index is 0. The van der Waals surface area contributed by atoms with Gasteiger partial charge in [0.2, 0.25) is 0 Å². The van der Waals surface area contributed by atoms with Gasteiger partial charge in [-0.15, -0.1) is 36.4 Å². The Kier molecular flexibility index (Phi) is 16.2. The summed E-state index contributed by atoms with van der Waals surface area (Å²) in [6.07, 6.45) is 10.1. The second-order valence-electron chi connectivity index (χ2n) is 7.41. The molecule has 0 nitrogen and oxygen atoms in total. The summed E-state index contributed by atoms with van der Waals surface area (Å²) in [4.78, 5) is 0. The first-order chi connectivity index (χ1) is 14.5. The monoisotopic (exact) mass is 451 g/mol. The Morgan fingerprint density at radius 2 is 0.677 bits per heavy atom. The molecule has 0 spiro atoms. The van der Waals surface area contributed by atoms with Gasteiger partial charge in [-0.1, -0.05) is 79.0 Å². The first-order valence-corrected chi connectivity index (χ1v) is 11.2. The summed E-state index contributed by atoms with van der Waals surface area (Å²) in [5.41, 5.74) is 8.19. The molecule has 3 aromatic carbocycles. The standard InChI is InChI=1S/3C10H13.Cr/c3*1-3-6-10-8-5-4-7-9(10)2;/h3*4-8H,3H2,1-2H3;/q3*-1;+3. The number of hydrogen-bond donors (Lipinski definition) is 0. The number of benzene rings is 3. The molecule has 0 heterocycles. The molecule has 0 amide bonds. The molecule has 0 unspecified atom stereocenters. The maximum Gasteiger partial charge on any atom is 3.00 e. The average molecular weight is 452 g/mol. The fraction of sp³-hybridized carbons (Fsp3) is 0.300. The van der Waals surface area contributed by atoms with Crippen LogP contribution in [0.2, 0.25) is 0 Å². The van der Waals surface area contributed by atoms with Gasteiger partial charge in [0.25, 0.3) is 0 Å². The van der Waals surface area contributed by atoms with Crippen molar-refractivity contribution in [2.45, 2.75) is 60.8 Å². The van der Waals surface area contributed by atoms with Crippen LogP contribution in [0.15, 0.2) is 72.8 Å². The molecule has 0 bridgehead atoms. The smallest absolute Gasteiger partial charge is 0.189 e. The first-order valence-electron chi connectivity index (χ1n) is 11.2. The first kappa shape index (κ1) is 28.8. The van der Waals surface area contributed by atoms with E-state index in [0.717, 1.165) is 19.3 Å². The molecule has 3 aromatic rings.